The molecule has 1 aliphatic heterocycles. The summed E-state index contributed by atoms with van der Waals surface area (Å²) in [5, 5.41) is 4.33. The van der Waals surface area contributed by atoms with Gasteiger partial charge in [0, 0.05) is 6.04 Å². The maximum Gasteiger partial charge on any atom is 0.165 e. The van der Waals surface area contributed by atoms with Crippen LogP contribution in [0.1, 0.15) is 36.8 Å². The van der Waals surface area contributed by atoms with E-state index >= 15 is 0 Å². The molecule has 0 amide bonds. The van der Waals surface area contributed by atoms with Crippen molar-refractivity contribution in [3.63, 3.8) is 0 Å². The number of hydrogen-bond donors (Lipinski definition) is 2. The monoisotopic (exact) mass is 279 g/mol. The SMILES string of the molecule is Cc1nc(N)c2ccc(C3CCCCN3)nc2n1.Cl. The second kappa shape index (κ2) is 5.67. The lowest BCUT2D eigenvalue weighted by Gasteiger charge is -2.23. The van der Waals surface area contributed by atoms with E-state index in [1.165, 1.54) is 12.8 Å². The highest BCUT2D eigenvalue weighted by Crippen LogP contribution is 2.24. The number of rotatable bonds is 1. The Kier molecular flexibility index (Phi) is 4.17. The van der Waals surface area contributed by atoms with Gasteiger partial charge < -0.3 is 11.1 Å². The van der Waals surface area contributed by atoms with E-state index in [1.807, 2.05) is 19.1 Å². The van der Waals surface area contributed by atoms with Gasteiger partial charge in [0.2, 0.25) is 0 Å². The summed E-state index contributed by atoms with van der Waals surface area (Å²) in [6, 6.07) is 4.35. The summed E-state index contributed by atoms with van der Waals surface area (Å²) in [4.78, 5) is 13.1. The summed E-state index contributed by atoms with van der Waals surface area (Å²) < 4.78 is 0. The molecule has 1 saturated heterocycles. The Morgan fingerprint density at radius 3 is 2.79 bits per heavy atom. The Labute approximate surface area is 118 Å². The van der Waals surface area contributed by atoms with Crippen LogP contribution in [-0.2, 0) is 0 Å². The predicted octanol–water partition coefficient (Wildman–Crippen LogP) is 2.15. The van der Waals surface area contributed by atoms with Crippen molar-refractivity contribution >= 4 is 29.3 Å². The normalized spacial score (nSPS) is 19.1. The molecule has 0 aromatic carbocycles. The molecule has 0 radical (unpaired) electrons. The van der Waals surface area contributed by atoms with Crippen LogP contribution in [0.4, 0.5) is 5.82 Å². The number of aryl methyl sites for hydroxylation is 1. The molecule has 1 fully saturated rings. The molecule has 0 saturated carbocycles. The predicted molar refractivity (Wildman–Crippen MR) is 78.3 cm³/mol. The highest BCUT2D eigenvalue weighted by atomic mass is 35.5. The van der Waals surface area contributed by atoms with E-state index in [0.29, 0.717) is 23.3 Å². The van der Waals surface area contributed by atoms with E-state index in [9.17, 15) is 0 Å². The lowest BCUT2D eigenvalue weighted by atomic mass is 10.0. The first-order chi connectivity index (χ1) is 8.74. The van der Waals surface area contributed by atoms with Crippen LogP contribution in [0, 0.1) is 6.92 Å². The zero-order valence-corrected chi connectivity index (χ0v) is 11.7. The number of nitrogens with one attached hydrogen (secondary N) is 1. The van der Waals surface area contributed by atoms with Gasteiger partial charge in [-0.05, 0) is 38.4 Å². The molecule has 3 N–H and O–H groups in total. The van der Waals surface area contributed by atoms with E-state index in [4.69, 9.17) is 5.73 Å². The third kappa shape index (κ3) is 2.77. The van der Waals surface area contributed by atoms with Crippen molar-refractivity contribution in [2.75, 3.05) is 12.3 Å². The standard InChI is InChI=1S/C13H17N5.ClH/c1-8-16-12(14)9-5-6-11(18-13(9)17-8)10-4-2-3-7-15-10;/h5-6,10,15H,2-4,7H2,1H3,(H2,14,16,17,18);1H. The van der Waals surface area contributed by atoms with Gasteiger partial charge in [-0.25, -0.2) is 15.0 Å². The maximum absolute atomic E-state index is 5.88. The summed E-state index contributed by atoms with van der Waals surface area (Å²) in [7, 11) is 0. The van der Waals surface area contributed by atoms with Gasteiger partial charge in [-0.3, -0.25) is 0 Å². The highest BCUT2D eigenvalue weighted by molar-refractivity contribution is 5.85. The number of anilines is 1. The molecule has 2 aromatic rings. The minimum absolute atomic E-state index is 0. The van der Waals surface area contributed by atoms with Crippen molar-refractivity contribution < 1.29 is 0 Å². The second-order valence-electron chi connectivity index (χ2n) is 4.77. The molecule has 102 valence electrons. The summed E-state index contributed by atoms with van der Waals surface area (Å²) in [5.74, 6) is 1.18. The first-order valence-corrected chi connectivity index (χ1v) is 6.38. The van der Waals surface area contributed by atoms with Crippen LogP contribution in [0.25, 0.3) is 11.0 Å². The number of nitrogen functional groups attached to an aromatic ring is 1. The number of nitrogens with zero attached hydrogens (tertiary/aromatic N) is 3. The molecule has 3 rings (SSSR count). The molecule has 0 bridgehead atoms. The lowest BCUT2D eigenvalue weighted by molar-refractivity contribution is 0.406. The van der Waals surface area contributed by atoms with Gasteiger partial charge in [0.05, 0.1) is 11.1 Å². The molecule has 19 heavy (non-hydrogen) atoms. The number of piperidine rings is 1. The van der Waals surface area contributed by atoms with Gasteiger partial charge >= 0.3 is 0 Å². The number of halogens is 1. The number of nitrogens with two attached hydrogens (primary N) is 1. The third-order valence-corrected chi connectivity index (χ3v) is 3.39. The van der Waals surface area contributed by atoms with Gasteiger partial charge in [0.25, 0.3) is 0 Å². The number of fused-ring (bicyclic) bond motifs is 1. The van der Waals surface area contributed by atoms with Crippen LogP contribution in [0.5, 0.6) is 0 Å². The molecular weight excluding hydrogens is 262 g/mol. The topological polar surface area (TPSA) is 76.7 Å². The van der Waals surface area contributed by atoms with E-state index in [1.54, 1.807) is 0 Å². The third-order valence-electron chi connectivity index (χ3n) is 3.39. The zero-order chi connectivity index (χ0) is 12.5. The first-order valence-electron chi connectivity index (χ1n) is 6.38. The average Bonchev–Trinajstić information content (AvgIpc) is 2.39. The molecule has 0 aliphatic carbocycles. The van der Waals surface area contributed by atoms with Crippen molar-refractivity contribution in [1.82, 2.24) is 20.3 Å². The quantitative estimate of drug-likeness (QED) is 0.836. The van der Waals surface area contributed by atoms with Crippen molar-refractivity contribution in [3.05, 3.63) is 23.7 Å². The van der Waals surface area contributed by atoms with E-state index in [-0.39, 0.29) is 12.4 Å². The Bertz CT molecular complexity index is 581. The number of aromatic nitrogens is 3. The van der Waals surface area contributed by atoms with Crippen molar-refractivity contribution in [2.24, 2.45) is 0 Å². The molecule has 6 heteroatoms. The van der Waals surface area contributed by atoms with Gasteiger partial charge in [0.1, 0.15) is 11.6 Å². The fourth-order valence-corrected chi connectivity index (χ4v) is 2.46. The molecule has 0 spiro atoms. The van der Waals surface area contributed by atoms with Crippen LogP contribution in [-0.4, -0.2) is 21.5 Å². The van der Waals surface area contributed by atoms with Crippen molar-refractivity contribution in [2.45, 2.75) is 32.2 Å². The summed E-state index contributed by atoms with van der Waals surface area (Å²) >= 11 is 0. The molecule has 1 aliphatic rings. The van der Waals surface area contributed by atoms with Crippen LogP contribution >= 0.6 is 12.4 Å². The molecule has 3 heterocycles. The van der Waals surface area contributed by atoms with Crippen LogP contribution in [0.3, 0.4) is 0 Å². The van der Waals surface area contributed by atoms with Gasteiger partial charge in [-0.15, -0.1) is 12.4 Å². The fourth-order valence-electron chi connectivity index (χ4n) is 2.46. The second-order valence-corrected chi connectivity index (χ2v) is 4.77. The maximum atomic E-state index is 5.88. The smallest absolute Gasteiger partial charge is 0.165 e. The van der Waals surface area contributed by atoms with E-state index in [2.05, 4.69) is 20.3 Å². The van der Waals surface area contributed by atoms with Crippen LogP contribution < -0.4 is 11.1 Å². The Balaban J connectivity index is 0.00000133. The molecule has 2 aromatic heterocycles. The zero-order valence-electron chi connectivity index (χ0n) is 10.9. The summed E-state index contributed by atoms with van der Waals surface area (Å²) in [5.41, 5.74) is 7.63. The Morgan fingerprint density at radius 1 is 1.21 bits per heavy atom. The summed E-state index contributed by atoms with van der Waals surface area (Å²) in [6.07, 6.45) is 3.64. The van der Waals surface area contributed by atoms with E-state index < -0.39 is 0 Å². The van der Waals surface area contributed by atoms with Crippen LogP contribution in [0.2, 0.25) is 0 Å². The fraction of sp³-hybridized carbons (Fsp3) is 0.462. The minimum Gasteiger partial charge on any atom is -0.383 e. The van der Waals surface area contributed by atoms with Crippen molar-refractivity contribution in [3.8, 4) is 0 Å². The minimum atomic E-state index is 0. The van der Waals surface area contributed by atoms with Crippen LogP contribution in [0.15, 0.2) is 12.1 Å². The highest BCUT2D eigenvalue weighted by Gasteiger charge is 2.16. The Hall–Kier alpha value is -1.46. The summed E-state index contributed by atoms with van der Waals surface area (Å²) in [6.45, 7) is 2.90. The number of hydrogen-bond acceptors (Lipinski definition) is 5. The van der Waals surface area contributed by atoms with Gasteiger partial charge in [-0.2, -0.15) is 0 Å². The van der Waals surface area contributed by atoms with Gasteiger partial charge in [0.15, 0.2) is 5.65 Å². The molecular formula is C13H18ClN5. The largest absolute Gasteiger partial charge is 0.383 e. The number of pyridine rings is 1. The van der Waals surface area contributed by atoms with E-state index in [0.717, 1.165) is 24.0 Å². The van der Waals surface area contributed by atoms with Crippen molar-refractivity contribution in [1.29, 1.82) is 0 Å². The average molecular weight is 280 g/mol. The Morgan fingerprint density at radius 2 is 2.05 bits per heavy atom. The lowest BCUT2D eigenvalue weighted by Crippen LogP contribution is -2.27. The first kappa shape index (κ1) is 14.0. The van der Waals surface area contributed by atoms with Gasteiger partial charge in [-0.1, -0.05) is 6.42 Å². The molecule has 1 atom stereocenters. The molecule has 5 nitrogen and oxygen atoms in total. The molecule has 1 unspecified atom stereocenters.